The lowest BCUT2D eigenvalue weighted by Gasteiger charge is -2.23. The molecule has 40 heavy (non-hydrogen) atoms. The lowest BCUT2D eigenvalue weighted by atomic mass is 9.95. The normalized spacial score (nSPS) is 13.5. The number of rotatable bonds is 13. The molecule has 218 valence electrons. The summed E-state index contributed by atoms with van der Waals surface area (Å²) in [6.07, 6.45) is -3.91. The summed E-state index contributed by atoms with van der Waals surface area (Å²) in [5.41, 5.74) is 0.773. The van der Waals surface area contributed by atoms with Crippen molar-refractivity contribution in [2.24, 2.45) is 0 Å². The van der Waals surface area contributed by atoms with Crippen molar-refractivity contribution >= 4 is 15.7 Å². The predicted molar refractivity (Wildman–Crippen MR) is 146 cm³/mol. The zero-order valence-corrected chi connectivity index (χ0v) is 23.1. The van der Waals surface area contributed by atoms with Crippen LogP contribution >= 0.6 is 0 Å². The molecule has 3 aromatic carbocycles. The van der Waals surface area contributed by atoms with Gasteiger partial charge in [-0.25, -0.2) is 8.42 Å². The average Bonchev–Trinajstić information content (AvgIpc) is 2.89. The topological polar surface area (TPSA) is 117 Å². The van der Waals surface area contributed by atoms with Crippen LogP contribution in [0.2, 0.25) is 0 Å². The minimum Gasteiger partial charge on any atom is -0.506 e. The van der Waals surface area contributed by atoms with Crippen molar-refractivity contribution in [2.45, 2.75) is 37.6 Å². The second-order valence-electron chi connectivity index (χ2n) is 9.35. The van der Waals surface area contributed by atoms with Gasteiger partial charge in [0.2, 0.25) is 10.0 Å². The van der Waals surface area contributed by atoms with Gasteiger partial charge in [-0.05, 0) is 66.3 Å². The van der Waals surface area contributed by atoms with Gasteiger partial charge in [-0.1, -0.05) is 30.3 Å². The molecular weight excluding hydrogens is 549 g/mol. The van der Waals surface area contributed by atoms with Crippen LogP contribution < -0.4 is 19.5 Å². The molecule has 0 aliphatic heterocycles. The monoisotopic (exact) mass is 582 g/mol. The number of methoxy groups -OCH3 is 2. The van der Waals surface area contributed by atoms with E-state index in [1.165, 1.54) is 38.5 Å². The van der Waals surface area contributed by atoms with Gasteiger partial charge in [-0.3, -0.25) is 4.72 Å². The Hall–Kier alpha value is -3.48. The highest BCUT2D eigenvalue weighted by atomic mass is 32.2. The fourth-order valence-electron chi connectivity index (χ4n) is 4.39. The molecule has 0 saturated carbocycles. The van der Waals surface area contributed by atoms with E-state index in [-0.39, 0.29) is 42.8 Å². The summed E-state index contributed by atoms with van der Waals surface area (Å²) in [6.45, 7) is 0.0790. The number of phenols is 1. The molecule has 0 unspecified atom stereocenters. The van der Waals surface area contributed by atoms with Crippen molar-refractivity contribution < 1.29 is 41.3 Å². The Balaban J connectivity index is 1.79. The number of hydrogen-bond acceptors (Lipinski definition) is 7. The van der Waals surface area contributed by atoms with Crippen LogP contribution in [0.25, 0.3) is 0 Å². The largest absolute Gasteiger partial charge is 0.506 e. The van der Waals surface area contributed by atoms with E-state index in [0.717, 1.165) is 17.9 Å². The molecule has 0 amide bonds. The number of phenolic OH excluding ortho intramolecular Hbond substituents is 1. The number of aromatic hydroxyl groups is 1. The number of benzene rings is 3. The van der Waals surface area contributed by atoms with E-state index >= 15 is 0 Å². The summed E-state index contributed by atoms with van der Waals surface area (Å²) in [4.78, 5) is 0. The fourth-order valence-corrected chi connectivity index (χ4v) is 4.95. The number of halogens is 3. The van der Waals surface area contributed by atoms with Crippen molar-refractivity contribution in [2.75, 3.05) is 31.7 Å². The summed E-state index contributed by atoms with van der Waals surface area (Å²) in [6, 6.07) is 14.5. The molecule has 0 fully saturated rings. The van der Waals surface area contributed by atoms with Crippen LogP contribution in [-0.4, -0.2) is 51.8 Å². The van der Waals surface area contributed by atoms with Crippen LogP contribution in [0.5, 0.6) is 17.2 Å². The van der Waals surface area contributed by atoms with Crippen LogP contribution in [0, 0.1) is 0 Å². The standard InChI is InChI=1S/C28H33F3N2O6S/c1-38-26-13-10-20(16-27(26)39-2)23(11-9-19-6-4-5-7-22(19)28(29,30)31)32-17-21(34)14-18-8-12-25(35)24(15-18)33-40(3,36)37/h4-8,10,12-13,15-16,21,23,32-35H,9,11,14,17H2,1-3H3/t21-,23+/m0/s1. The van der Waals surface area contributed by atoms with E-state index in [1.54, 1.807) is 30.3 Å². The third-order valence-corrected chi connectivity index (χ3v) is 6.85. The van der Waals surface area contributed by atoms with Crippen LogP contribution in [0.15, 0.2) is 60.7 Å². The molecule has 0 aliphatic carbocycles. The van der Waals surface area contributed by atoms with Gasteiger partial charge >= 0.3 is 6.18 Å². The number of hydrogen-bond donors (Lipinski definition) is 4. The van der Waals surface area contributed by atoms with E-state index in [1.807, 2.05) is 0 Å². The molecule has 0 radical (unpaired) electrons. The van der Waals surface area contributed by atoms with Gasteiger partial charge in [0.1, 0.15) is 5.75 Å². The Labute approximate surface area is 231 Å². The number of sulfonamides is 1. The molecule has 0 saturated heterocycles. The maximum Gasteiger partial charge on any atom is 0.416 e. The molecule has 8 nitrogen and oxygen atoms in total. The van der Waals surface area contributed by atoms with E-state index < -0.39 is 33.9 Å². The molecule has 0 aromatic heterocycles. The lowest BCUT2D eigenvalue weighted by molar-refractivity contribution is -0.138. The second-order valence-corrected chi connectivity index (χ2v) is 11.1. The Morgan fingerprint density at radius 2 is 1.68 bits per heavy atom. The van der Waals surface area contributed by atoms with Crippen molar-refractivity contribution in [1.82, 2.24) is 5.32 Å². The highest BCUT2D eigenvalue weighted by molar-refractivity contribution is 7.92. The number of anilines is 1. The molecule has 0 heterocycles. The number of aliphatic hydroxyl groups excluding tert-OH is 1. The number of nitrogens with one attached hydrogen (secondary N) is 2. The minimum absolute atomic E-state index is 0.00769. The third kappa shape index (κ3) is 8.77. The first-order valence-electron chi connectivity index (χ1n) is 12.4. The van der Waals surface area contributed by atoms with Crippen LogP contribution in [-0.2, 0) is 29.0 Å². The summed E-state index contributed by atoms with van der Waals surface area (Å²) in [5, 5.41) is 23.9. The van der Waals surface area contributed by atoms with Crippen molar-refractivity contribution in [3.8, 4) is 17.2 Å². The van der Waals surface area contributed by atoms with Gasteiger partial charge in [-0.15, -0.1) is 0 Å². The first kappa shape index (κ1) is 31.1. The van der Waals surface area contributed by atoms with E-state index in [4.69, 9.17) is 9.47 Å². The van der Waals surface area contributed by atoms with Gasteiger partial charge in [0, 0.05) is 12.6 Å². The highest BCUT2D eigenvalue weighted by Gasteiger charge is 2.33. The number of aryl methyl sites for hydroxylation is 1. The molecule has 3 rings (SSSR count). The first-order chi connectivity index (χ1) is 18.8. The van der Waals surface area contributed by atoms with Crippen molar-refractivity contribution in [1.29, 1.82) is 0 Å². The molecule has 12 heteroatoms. The molecule has 0 spiro atoms. The molecular formula is C28H33F3N2O6S. The summed E-state index contributed by atoms with van der Waals surface area (Å²) in [5.74, 6) is 0.700. The third-order valence-electron chi connectivity index (χ3n) is 6.26. The smallest absolute Gasteiger partial charge is 0.416 e. The number of ether oxygens (including phenoxy) is 2. The Bertz CT molecular complexity index is 1400. The van der Waals surface area contributed by atoms with Gasteiger partial charge in [0.25, 0.3) is 0 Å². The maximum absolute atomic E-state index is 13.6. The van der Waals surface area contributed by atoms with Gasteiger partial charge in [-0.2, -0.15) is 13.2 Å². The van der Waals surface area contributed by atoms with Crippen LogP contribution in [0.3, 0.4) is 0 Å². The Morgan fingerprint density at radius 1 is 0.975 bits per heavy atom. The molecule has 0 aliphatic rings. The zero-order chi connectivity index (χ0) is 29.5. The fraction of sp³-hybridized carbons (Fsp3) is 0.357. The first-order valence-corrected chi connectivity index (χ1v) is 14.3. The maximum atomic E-state index is 13.6. The van der Waals surface area contributed by atoms with Gasteiger partial charge < -0.3 is 25.0 Å². The summed E-state index contributed by atoms with van der Waals surface area (Å²) in [7, 11) is -0.642. The molecule has 2 atom stereocenters. The van der Waals surface area contributed by atoms with E-state index in [2.05, 4.69) is 10.0 Å². The van der Waals surface area contributed by atoms with Crippen LogP contribution in [0.4, 0.5) is 18.9 Å². The summed E-state index contributed by atoms with van der Waals surface area (Å²) >= 11 is 0. The highest BCUT2D eigenvalue weighted by Crippen LogP contribution is 2.35. The van der Waals surface area contributed by atoms with E-state index in [0.29, 0.717) is 17.1 Å². The quantitative estimate of drug-likeness (QED) is 0.217. The zero-order valence-electron chi connectivity index (χ0n) is 22.3. The Morgan fingerprint density at radius 3 is 2.33 bits per heavy atom. The molecule has 0 bridgehead atoms. The Kier molecular flexibility index (Phi) is 10.3. The van der Waals surface area contributed by atoms with Gasteiger partial charge in [0.15, 0.2) is 11.5 Å². The second kappa shape index (κ2) is 13.2. The lowest BCUT2D eigenvalue weighted by Crippen LogP contribution is -2.32. The number of alkyl halides is 3. The SMILES string of the molecule is COc1ccc([C@@H](CCc2ccccc2C(F)(F)F)NC[C@@H](O)Cc2ccc(O)c(NS(C)(=O)=O)c2)cc1OC. The van der Waals surface area contributed by atoms with Crippen LogP contribution in [0.1, 0.15) is 34.7 Å². The van der Waals surface area contributed by atoms with Crippen molar-refractivity contribution in [3.05, 3.63) is 82.9 Å². The summed E-state index contributed by atoms with van der Waals surface area (Å²) < 4.78 is 76.7. The van der Waals surface area contributed by atoms with Gasteiger partial charge in [0.05, 0.1) is 37.8 Å². The van der Waals surface area contributed by atoms with E-state index in [9.17, 15) is 31.8 Å². The minimum atomic E-state index is -4.48. The predicted octanol–water partition coefficient (Wildman–Crippen LogP) is 4.67. The number of aliphatic hydroxyl groups is 1. The molecule has 3 aromatic rings. The van der Waals surface area contributed by atoms with Crippen molar-refractivity contribution in [3.63, 3.8) is 0 Å². The average molecular weight is 583 g/mol. The molecule has 4 N–H and O–H groups in total.